The van der Waals surface area contributed by atoms with Gasteiger partial charge in [0.05, 0.1) is 24.9 Å². The highest BCUT2D eigenvalue weighted by Gasteiger charge is 2.25. The summed E-state index contributed by atoms with van der Waals surface area (Å²) in [5.41, 5.74) is 7.76. The predicted octanol–water partition coefficient (Wildman–Crippen LogP) is 4.45. The van der Waals surface area contributed by atoms with E-state index < -0.39 is 12.0 Å². The number of amides is 1. The molecule has 2 fully saturated rings. The summed E-state index contributed by atoms with van der Waals surface area (Å²) in [5, 5.41) is 27.4. The summed E-state index contributed by atoms with van der Waals surface area (Å²) in [6.07, 6.45) is 13.8. The molecule has 2 atom stereocenters. The van der Waals surface area contributed by atoms with E-state index in [1.165, 1.54) is 32.1 Å². The molecule has 2 aromatic heterocycles. The maximum absolute atomic E-state index is 13.0. The summed E-state index contributed by atoms with van der Waals surface area (Å²) >= 11 is 0. The van der Waals surface area contributed by atoms with Crippen molar-refractivity contribution in [2.45, 2.75) is 116 Å². The van der Waals surface area contributed by atoms with Gasteiger partial charge in [0.1, 0.15) is 17.6 Å². The van der Waals surface area contributed by atoms with Crippen LogP contribution in [0.2, 0.25) is 0 Å². The molecule has 16 heteroatoms. The Balaban J connectivity index is 0.990. The van der Waals surface area contributed by atoms with Crippen molar-refractivity contribution in [1.29, 1.82) is 0 Å². The molecular formula is C40H67N12O3P. The fraction of sp³-hybridized carbons (Fsp3) is 0.700. The first kappa shape index (κ1) is 43.6. The van der Waals surface area contributed by atoms with Crippen LogP contribution < -0.4 is 32.1 Å². The van der Waals surface area contributed by atoms with Gasteiger partial charge in [-0.25, -0.2) is 4.98 Å². The molecule has 1 aliphatic carbocycles. The number of carbonyl (C=O) groups excluding carboxylic acids is 2. The van der Waals surface area contributed by atoms with Crippen LogP contribution in [-0.2, 0) is 27.4 Å². The first-order valence-electron chi connectivity index (χ1n) is 21.0. The lowest BCUT2D eigenvalue weighted by Gasteiger charge is -2.33. The second-order valence-corrected chi connectivity index (χ2v) is 17.9. The van der Waals surface area contributed by atoms with Crippen LogP contribution in [0.3, 0.4) is 0 Å². The number of anilines is 2. The molecular weight excluding hydrogens is 727 g/mol. The van der Waals surface area contributed by atoms with E-state index in [1.807, 2.05) is 40.0 Å². The third-order valence-electron chi connectivity index (χ3n) is 10.5. The maximum Gasteiger partial charge on any atom is 0.322 e. The van der Waals surface area contributed by atoms with E-state index in [0.717, 1.165) is 93.0 Å². The number of hydrogen-bond acceptors (Lipinski definition) is 13. The molecule has 5 rings (SSSR count). The fourth-order valence-electron chi connectivity index (χ4n) is 7.11. The van der Waals surface area contributed by atoms with Crippen LogP contribution in [0.25, 0.3) is 10.9 Å². The van der Waals surface area contributed by atoms with Gasteiger partial charge < -0.3 is 36.6 Å². The second kappa shape index (κ2) is 23.7. The number of nitrogens with zero attached hydrogens (tertiary/aromatic N) is 6. The number of carbonyl (C=O) groups is 2. The highest BCUT2D eigenvalue weighted by atomic mass is 31.1. The monoisotopic (exact) mass is 795 g/mol. The molecule has 1 saturated carbocycles. The Kier molecular flexibility index (Phi) is 18.4. The molecule has 3 aromatic rings. The number of nitrogens with two attached hydrogens (primary N) is 1. The number of ether oxygens (including phenoxy) is 1. The summed E-state index contributed by atoms with van der Waals surface area (Å²) in [4.78, 5) is 36.9. The van der Waals surface area contributed by atoms with Gasteiger partial charge in [0.15, 0.2) is 0 Å². The van der Waals surface area contributed by atoms with Crippen molar-refractivity contribution >= 4 is 42.6 Å². The quantitative estimate of drug-likeness (QED) is 0.0425. The first-order chi connectivity index (χ1) is 27.2. The number of para-hydroxylation sites is 1. The highest BCUT2D eigenvalue weighted by Crippen LogP contribution is 2.26. The zero-order valence-electron chi connectivity index (χ0n) is 34.0. The van der Waals surface area contributed by atoms with E-state index in [-0.39, 0.29) is 32.9 Å². The van der Waals surface area contributed by atoms with Gasteiger partial charge in [-0.1, -0.05) is 50.5 Å². The SMILES string of the molecule is CC(C)CNP(C)CCOC(=O)[C@@H](N)CCC(=O)N1CCC(Nc2nc(NCc3cn(CCCNCCCNC4CCCCC4)nn3)nc3ccccc23)CC1. The van der Waals surface area contributed by atoms with Crippen LogP contribution in [0.4, 0.5) is 11.8 Å². The largest absolute Gasteiger partial charge is 0.464 e. The number of esters is 1. The topological polar surface area (TPSA) is 189 Å². The number of piperidine rings is 1. The van der Waals surface area contributed by atoms with E-state index in [4.69, 9.17) is 20.4 Å². The van der Waals surface area contributed by atoms with E-state index in [9.17, 15) is 9.59 Å². The van der Waals surface area contributed by atoms with Crippen molar-refractivity contribution in [3.8, 4) is 0 Å². The molecule has 0 spiro atoms. The fourth-order valence-corrected chi connectivity index (χ4v) is 8.31. The number of aromatic nitrogens is 5. The van der Waals surface area contributed by atoms with Gasteiger partial charge >= 0.3 is 5.97 Å². The molecule has 2 aliphatic rings. The average molecular weight is 795 g/mol. The highest BCUT2D eigenvalue weighted by molar-refractivity contribution is 7.54. The molecule has 0 bridgehead atoms. The molecule has 0 radical (unpaired) electrons. The first-order valence-corrected chi connectivity index (χ1v) is 23.0. The van der Waals surface area contributed by atoms with Gasteiger partial charge in [0.2, 0.25) is 11.9 Å². The Morgan fingerprint density at radius 2 is 1.79 bits per heavy atom. The van der Waals surface area contributed by atoms with E-state index in [0.29, 0.717) is 38.1 Å². The number of aryl methyl sites for hydroxylation is 1. The summed E-state index contributed by atoms with van der Waals surface area (Å²) < 4.78 is 7.30. The number of nitrogens with one attached hydrogen (secondary N) is 5. The Morgan fingerprint density at radius 1 is 1.00 bits per heavy atom. The predicted molar refractivity (Wildman–Crippen MR) is 226 cm³/mol. The van der Waals surface area contributed by atoms with Gasteiger partial charge in [-0.05, 0) is 97.4 Å². The minimum atomic E-state index is -0.800. The van der Waals surface area contributed by atoms with Crippen molar-refractivity contribution in [2.75, 3.05) is 69.3 Å². The number of benzene rings is 1. The summed E-state index contributed by atoms with van der Waals surface area (Å²) in [6.45, 7) is 13.4. The molecule has 1 amide bonds. The standard InChI is InChI=1S/C40H67N12O3P/c1-30(2)27-45-56(3)26-25-55-39(54)35(41)15-16-37(53)51-23-17-32(18-24-51)46-38-34-13-7-8-14-36(34)47-40(48-38)44-28-33-29-52(50-49-33)22-10-20-42-19-9-21-43-31-11-5-4-6-12-31/h7-8,13-14,29-32,35,42-43,45H,4-6,9-12,15-28,41H2,1-3H3,(H2,44,46,47,48)/t35-,56?/m0/s1. The van der Waals surface area contributed by atoms with Crippen molar-refractivity contribution in [3.05, 3.63) is 36.2 Å². The van der Waals surface area contributed by atoms with Crippen molar-refractivity contribution in [2.24, 2.45) is 11.7 Å². The van der Waals surface area contributed by atoms with Crippen LogP contribution in [0.1, 0.15) is 90.2 Å². The molecule has 15 nitrogen and oxygen atoms in total. The summed E-state index contributed by atoms with van der Waals surface area (Å²) in [5.74, 6) is 1.44. The minimum absolute atomic E-state index is 0.0160. The van der Waals surface area contributed by atoms with Crippen LogP contribution in [-0.4, -0.2) is 119 Å². The molecule has 1 unspecified atom stereocenters. The smallest absolute Gasteiger partial charge is 0.322 e. The second-order valence-electron chi connectivity index (χ2n) is 15.8. The van der Waals surface area contributed by atoms with Crippen LogP contribution in [0.5, 0.6) is 0 Å². The van der Waals surface area contributed by atoms with Gasteiger partial charge in [0, 0.05) is 56.2 Å². The van der Waals surface area contributed by atoms with E-state index in [1.54, 1.807) is 0 Å². The van der Waals surface area contributed by atoms with E-state index in [2.05, 4.69) is 57.2 Å². The molecule has 56 heavy (non-hydrogen) atoms. The van der Waals surface area contributed by atoms with Gasteiger partial charge in [-0.15, -0.1) is 5.10 Å². The third-order valence-corrected chi connectivity index (χ3v) is 12.1. The molecule has 3 heterocycles. The normalized spacial score (nSPS) is 16.6. The lowest BCUT2D eigenvalue weighted by molar-refractivity contribution is -0.145. The Morgan fingerprint density at radius 3 is 2.59 bits per heavy atom. The van der Waals surface area contributed by atoms with Crippen molar-refractivity contribution in [1.82, 2.24) is 45.6 Å². The van der Waals surface area contributed by atoms with Gasteiger partial charge in [0.25, 0.3) is 0 Å². The van der Waals surface area contributed by atoms with Crippen LogP contribution >= 0.6 is 8.07 Å². The van der Waals surface area contributed by atoms with Crippen LogP contribution in [0.15, 0.2) is 30.5 Å². The molecule has 1 aromatic carbocycles. The zero-order valence-corrected chi connectivity index (χ0v) is 34.9. The van der Waals surface area contributed by atoms with E-state index >= 15 is 0 Å². The number of fused-ring (bicyclic) bond motifs is 1. The lowest BCUT2D eigenvalue weighted by atomic mass is 9.95. The van der Waals surface area contributed by atoms with Crippen molar-refractivity contribution in [3.63, 3.8) is 0 Å². The molecule has 1 saturated heterocycles. The average Bonchev–Trinajstić information content (AvgIpc) is 3.67. The van der Waals surface area contributed by atoms with Gasteiger partial charge in [-0.2, -0.15) is 4.98 Å². The summed E-state index contributed by atoms with van der Waals surface area (Å²) in [7, 11) is -0.388. The Labute approximate surface area is 334 Å². The Bertz CT molecular complexity index is 1610. The summed E-state index contributed by atoms with van der Waals surface area (Å²) in [6, 6.07) is 8.04. The lowest BCUT2D eigenvalue weighted by Crippen LogP contribution is -2.43. The zero-order chi connectivity index (χ0) is 39.5. The van der Waals surface area contributed by atoms with Gasteiger partial charge in [-0.3, -0.25) is 19.4 Å². The molecule has 7 N–H and O–H groups in total. The third kappa shape index (κ3) is 15.1. The number of rotatable bonds is 24. The maximum atomic E-state index is 13.0. The molecule has 1 aliphatic heterocycles. The number of likely N-dealkylation sites (tertiary alicyclic amines) is 1. The minimum Gasteiger partial charge on any atom is -0.464 e. The molecule has 310 valence electrons. The van der Waals surface area contributed by atoms with Crippen LogP contribution in [0, 0.1) is 5.92 Å². The number of hydrogen-bond donors (Lipinski definition) is 6. The van der Waals surface area contributed by atoms with Crippen molar-refractivity contribution < 1.29 is 14.3 Å². The Hall–Kier alpha value is -3.49.